The zero-order valence-corrected chi connectivity index (χ0v) is 8.90. The number of nitrogens with zero attached hydrogens (tertiary/aromatic N) is 2. The van der Waals surface area contributed by atoms with Gasteiger partial charge in [0.05, 0.1) is 5.69 Å². The first-order valence-corrected chi connectivity index (χ1v) is 4.96. The van der Waals surface area contributed by atoms with Crippen LogP contribution in [-0.2, 0) is 6.54 Å². The lowest BCUT2D eigenvalue weighted by molar-refractivity contribution is 0.793. The molecule has 0 unspecified atom stereocenters. The minimum atomic E-state index is -0.172. The Bertz CT molecular complexity index is 521. The Morgan fingerprint density at radius 3 is 2.94 bits per heavy atom. The van der Waals surface area contributed by atoms with E-state index in [2.05, 4.69) is 20.5 Å². The van der Waals surface area contributed by atoms with Crippen molar-refractivity contribution in [2.75, 3.05) is 7.05 Å². The minimum absolute atomic E-state index is 0.172. The maximum absolute atomic E-state index is 11.4. The van der Waals surface area contributed by atoms with E-state index in [0.717, 1.165) is 5.69 Å². The molecule has 0 radical (unpaired) electrons. The topological polar surface area (TPSA) is 70.7 Å². The first-order valence-electron chi connectivity index (χ1n) is 4.96. The van der Waals surface area contributed by atoms with E-state index in [-0.39, 0.29) is 5.56 Å². The molecule has 0 aromatic carbocycles. The Hall–Kier alpha value is -2.01. The number of hydrogen-bond acceptors (Lipinski definition) is 4. The van der Waals surface area contributed by atoms with Gasteiger partial charge in [-0.2, -0.15) is 5.10 Å². The van der Waals surface area contributed by atoms with Gasteiger partial charge in [-0.25, -0.2) is 5.10 Å². The largest absolute Gasteiger partial charge is 0.315 e. The Kier molecular flexibility index (Phi) is 3.07. The van der Waals surface area contributed by atoms with Gasteiger partial charge in [0.1, 0.15) is 5.69 Å². The van der Waals surface area contributed by atoms with Crippen molar-refractivity contribution in [3.8, 4) is 11.4 Å². The number of hydrogen-bond donors (Lipinski definition) is 2. The molecule has 5 nitrogen and oxygen atoms in total. The first kappa shape index (κ1) is 10.5. The molecule has 5 heteroatoms. The predicted molar refractivity (Wildman–Crippen MR) is 60.9 cm³/mol. The van der Waals surface area contributed by atoms with Gasteiger partial charge in [0, 0.05) is 18.3 Å². The molecule has 2 rings (SSSR count). The van der Waals surface area contributed by atoms with Crippen LogP contribution in [0.5, 0.6) is 0 Å². The minimum Gasteiger partial charge on any atom is -0.315 e. The van der Waals surface area contributed by atoms with E-state index >= 15 is 0 Å². The van der Waals surface area contributed by atoms with E-state index in [0.29, 0.717) is 17.8 Å². The van der Waals surface area contributed by atoms with Crippen LogP contribution in [-0.4, -0.2) is 22.2 Å². The normalized spacial score (nSPS) is 10.3. The Labute approximate surface area is 92.6 Å². The predicted octanol–water partition coefficient (Wildman–Crippen LogP) is 0.551. The van der Waals surface area contributed by atoms with Gasteiger partial charge in [0.15, 0.2) is 0 Å². The van der Waals surface area contributed by atoms with E-state index in [4.69, 9.17) is 0 Å². The number of rotatable bonds is 3. The third-order valence-electron chi connectivity index (χ3n) is 2.18. The Morgan fingerprint density at radius 2 is 2.25 bits per heavy atom. The lowest BCUT2D eigenvalue weighted by atomic mass is 10.2. The summed E-state index contributed by atoms with van der Waals surface area (Å²) in [6.45, 7) is 0.512. The number of aromatic amines is 1. The summed E-state index contributed by atoms with van der Waals surface area (Å²) in [4.78, 5) is 15.6. The first-order chi connectivity index (χ1) is 7.81. The van der Waals surface area contributed by atoms with Crippen molar-refractivity contribution in [1.29, 1.82) is 0 Å². The van der Waals surface area contributed by atoms with Crippen molar-refractivity contribution in [3.63, 3.8) is 0 Å². The molecule has 0 fully saturated rings. The van der Waals surface area contributed by atoms with E-state index in [9.17, 15) is 4.79 Å². The fourth-order valence-electron chi connectivity index (χ4n) is 1.41. The Balaban J connectivity index is 2.44. The summed E-state index contributed by atoms with van der Waals surface area (Å²) in [6, 6.07) is 7.32. The van der Waals surface area contributed by atoms with Crippen LogP contribution in [0.25, 0.3) is 11.4 Å². The number of nitrogens with one attached hydrogen (secondary N) is 2. The van der Waals surface area contributed by atoms with Gasteiger partial charge in [-0.1, -0.05) is 6.07 Å². The van der Waals surface area contributed by atoms with Gasteiger partial charge >= 0.3 is 0 Å². The molecule has 0 saturated heterocycles. The number of aromatic nitrogens is 3. The summed E-state index contributed by atoms with van der Waals surface area (Å²) in [5.74, 6) is 0. The molecule has 2 heterocycles. The fraction of sp³-hybridized carbons (Fsp3) is 0.182. The lowest BCUT2D eigenvalue weighted by Gasteiger charge is -2.02. The molecule has 2 N–H and O–H groups in total. The van der Waals surface area contributed by atoms with Gasteiger partial charge in [0.2, 0.25) is 0 Å². The standard InChI is InChI=1S/C11H12N4O/c1-12-7-8-6-10(14-15-11(8)16)9-4-2-3-5-13-9/h2-6,12H,7H2,1H3,(H,15,16). The van der Waals surface area contributed by atoms with Gasteiger partial charge < -0.3 is 5.32 Å². The summed E-state index contributed by atoms with van der Waals surface area (Å²) in [5.41, 5.74) is 1.90. The fourth-order valence-corrected chi connectivity index (χ4v) is 1.41. The van der Waals surface area contributed by atoms with Crippen molar-refractivity contribution in [1.82, 2.24) is 20.5 Å². The van der Waals surface area contributed by atoms with E-state index in [1.807, 2.05) is 18.2 Å². The molecule has 0 aliphatic rings. The molecule has 82 valence electrons. The zero-order valence-electron chi connectivity index (χ0n) is 8.90. The van der Waals surface area contributed by atoms with Gasteiger partial charge in [-0.05, 0) is 25.2 Å². The van der Waals surface area contributed by atoms with Gasteiger partial charge in [0.25, 0.3) is 5.56 Å². The highest BCUT2D eigenvalue weighted by atomic mass is 16.1. The van der Waals surface area contributed by atoms with E-state index in [1.165, 1.54) is 0 Å². The number of H-pyrrole nitrogens is 1. The molecule has 0 amide bonds. The average Bonchev–Trinajstić information content (AvgIpc) is 2.33. The summed E-state index contributed by atoms with van der Waals surface area (Å²) in [5, 5.41) is 9.37. The summed E-state index contributed by atoms with van der Waals surface area (Å²) < 4.78 is 0. The smallest absolute Gasteiger partial charge is 0.268 e. The molecule has 2 aromatic heterocycles. The molecule has 0 saturated carbocycles. The maximum atomic E-state index is 11.4. The second-order valence-corrected chi connectivity index (χ2v) is 3.35. The van der Waals surface area contributed by atoms with Crippen LogP contribution in [0.4, 0.5) is 0 Å². The highest BCUT2D eigenvalue weighted by molar-refractivity contribution is 5.53. The average molecular weight is 216 g/mol. The lowest BCUT2D eigenvalue weighted by Crippen LogP contribution is -2.19. The van der Waals surface area contributed by atoms with Crippen molar-refractivity contribution in [2.45, 2.75) is 6.54 Å². The summed E-state index contributed by atoms with van der Waals surface area (Å²) in [7, 11) is 1.79. The van der Waals surface area contributed by atoms with E-state index < -0.39 is 0 Å². The van der Waals surface area contributed by atoms with E-state index in [1.54, 1.807) is 19.3 Å². The maximum Gasteiger partial charge on any atom is 0.268 e. The van der Waals surface area contributed by atoms with Gasteiger partial charge in [-0.3, -0.25) is 9.78 Å². The van der Waals surface area contributed by atoms with Crippen molar-refractivity contribution < 1.29 is 0 Å². The summed E-state index contributed by atoms with van der Waals surface area (Å²) >= 11 is 0. The van der Waals surface area contributed by atoms with Crippen molar-refractivity contribution >= 4 is 0 Å². The van der Waals surface area contributed by atoms with Crippen LogP contribution in [0.15, 0.2) is 35.3 Å². The van der Waals surface area contributed by atoms with Crippen LogP contribution < -0.4 is 10.9 Å². The third-order valence-corrected chi connectivity index (χ3v) is 2.18. The zero-order chi connectivity index (χ0) is 11.4. The highest BCUT2D eigenvalue weighted by Crippen LogP contribution is 2.11. The second-order valence-electron chi connectivity index (χ2n) is 3.35. The summed E-state index contributed by atoms with van der Waals surface area (Å²) in [6.07, 6.45) is 1.69. The molecule has 0 aliphatic carbocycles. The third kappa shape index (κ3) is 2.14. The van der Waals surface area contributed by atoms with Crippen molar-refractivity contribution in [2.24, 2.45) is 0 Å². The van der Waals surface area contributed by atoms with Crippen molar-refractivity contribution in [3.05, 3.63) is 46.4 Å². The molecule has 0 atom stereocenters. The van der Waals surface area contributed by atoms with Gasteiger partial charge in [-0.15, -0.1) is 0 Å². The molecule has 0 aliphatic heterocycles. The monoisotopic (exact) mass is 216 g/mol. The van der Waals surface area contributed by atoms with Crippen LogP contribution in [0.2, 0.25) is 0 Å². The molecule has 16 heavy (non-hydrogen) atoms. The SMILES string of the molecule is CNCc1cc(-c2ccccn2)n[nH]c1=O. The quantitative estimate of drug-likeness (QED) is 0.786. The second kappa shape index (κ2) is 4.67. The van der Waals surface area contributed by atoms with Crippen LogP contribution >= 0.6 is 0 Å². The Morgan fingerprint density at radius 1 is 1.38 bits per heavy atom. The molecular formula is C11H12N4O. The molecule has 0 spiro atoms. The van der Waals surface area contributed by atoms with Crippen LogP contribution in [0, 0.1) is 0 Å². The highest BCUT2D eigenvalue weighted by Gasteiger charge is 2.04. The van der Waals surface area contributed by atoms with Crippen LogP contribution in [0.1, 0.15) is 5.56 Å². The molecule has 2 aromatic rings. The van der Waals surface area contributed by atoms with Crippen LogP contribution in [0.3, 0.4) is 0 Å². The molecule has 0 bridgehead atoms. The molecular weight excluding hydrogens is 204 g/mol. The number of pyridine rings is 1.